The SMILES string of the molecule is NC(=O)c1cc([N+](=O)[O-])cn(CC(=O)N(CCc2ccccc2)Cc2ccccc2)c1=O. The highest BCUT2D eigenvalue weighted by Crippen LogP contribution is 2.12. The molecule has 0 saturated carbocycles. The van der Waals surface area contributed by atoms with Crippen molar-refractivity contribution in [3.63, 3.8) is 0 Å². The van der Waals surface area contributed by atoms with Gasteiger partial charge in [0.25, 0.3) is 17.2 Å². The van der Waals surface area contributed by atoms with Gasteiger partial charge in [0, 0.05) is 19.2 Å². The number of primary amides is 1. The van der Waals surface area contributed by atoms with E-state index in [2.05, 4.69) is 0 Å². The summed E-state index contributed by atoms with van der Waals surface area (Å²) in [6.07, 6.45) is 1.54. The fourth-order valence-corrected chi connectivity index (χ4v) is 3.26. The van der Waals surface area contributed by atoms with Gasteiger partial charge >= 0.3 is 0 Å². The van der Waals surface area contributed by atoms with Crippen molar-refractivity contribution in [2.24, 2.45) is 5.73 Å². The van der Waals surface area contributed by atoms with E-state index in [-0.39, 0.29) is 0 Å². The summed E-state index contributed by atoms with van der Waals surface area (Å²) in [7, 11) is 0. The van der Waals surface area contributed by atoms with E-state index >= 15 is 0 Å². The van der Waals surface area contributed by atoms with Crippen LogP contribution in [-0.2, 0) is 24.3 Å². The van der Waals surface area contributed by atoms with E-state index in [1.165, 1.54) is 0 Å². The molecule has 2 amide bonds. The highest BCUT2D eigenvalue weighted by molar-refractivity contribution is 5.93. The average Bonchev–Trinajstić information content (AvgIpc) is 2.78. The molecule has 9 heteroatoms. The van der Waals surface area contributed by atoms with Gasteiger partial charge < -0.3 is 10.6 Å². The number of pyridine rings is 1. The largest absolute Gasteiger partial charge is 0.365 e. The molecule has 0 spiro atoms. The van der Waals surface area contributed by atoms with Crippen molar-refractivity contribution in [3.8, 4) is 0 Å². The summed E-state index contributed by atoms with van der Waals surface area (Å²) in [5, 5.41) is 11.2. The van der Waals surface area contributed by atoms with Gasteiger partial charge in [-0.3, -0.25) is 29.1 Å². The zero-order chi connectivity index (χ0) is 23.1. The van der Waals surface area contributed by atoms with Gasteiger partial charge in [-0.2, -0.15) is 0 Å². The molecular formula is C23H22N4O5. The number of amides is 2. The Morgan fingerprint density at radius 1 is 1.00 bits per heavy atom. The van der Waals surface area contributed by atoms with Gasteiger partial charge in [-0.25, -0.2) is 0 Å². The topological polar surface area (TPSA) is 129 Å². The van der Waals surface area contributed by atoms with Crippen molar-refractivity contribution in [1.82, 2.24) is 9.47 Å². The number of nitrogens with zero attached hydrogens (tertiary/aromatic N) is 3. The van der Waals surface area contributed by atoms with Gasteiger partial charge in [0.05, 0.1) is 11.1 Å². The van der Waals surface area contributed by atoms with E-state index in [9.17, 15) is 24.5 Å². The standard InChI is InChI=1S/C23H22N4O5/c24-22(29)20-13-19(27(31)32)15-26(23(20)30)16-21(28)25(14-18-9-5-2-6-10-18)12-11-17-7-3-1-4-8-17/h1-10,13,15H,11-12,14,16H2,(H2,24,29). The summed E-state index contributed by atoms with van der Waals surface area (Å²) in [4.78, 5) is 49.3. The summed E-state index contributed by atoms with van der Waals surface area (Å²) in [5.74, 6) is -1.51. The number of nitro groups is 1. The molecular weight excluding hydrogens is 412 g/mol. The monoisotopic (exact) mass is 434 g/mol. The van der Waals surface area contributed by atoms with Crippen molar-refractivity contribution >= 4 is 17.5 Å². The smallest absolute Gasteiger partial charge is 0.286 e. The lowest BCUT2D eigenvalue weighted by atomic mass is 10.1. The maximum atomic E-state index is 13.1. The molecule has 0 bridgehead atoms. The molecule has 0 unspecified atom stereocenters. The number of hydrogen-bond acceptors (Lipinski definition) is 5. The Labute approximate surface area is 183 Å². The molecule has 0 aliphatic rings. The molecule has 0 atom stereocenters. The molecule has 0 fully saturated rings. The molecule has 2 aromatic carbocycles. The van der Waals surface area contributed by atoms with Crippen molar-refractivity contribution < 1.29 is 14.5 Å². The first-order chi connectivity index (χ1) is 15.3. The Balaban J connectivity index is 1.88. The van der Waals surface area contributed by atoms with Crippen LogP contribution in [0.25, 0.3) is 0 Å². The zero-order valence-corrected chi connectivity index (χ0v) is 17.2. The van der Waals surface area contributed by atoms with Crippen LogP contribution >= 0.6 is 0 Å². The Hall–Kier alpha value is -4.27. The van der Waals surface area contributed by atoms with Crippen molar-refractivity contribution in [2.75, 3.05) is 6.54 Å². The summed E-state index contributed by atoms with van der Waals surface area (Å²) in [5.41, 5.74) is 5.25. The Morgan fingerprint density at radius 2 is 1.59 bits per heavy atom. The molecule has 0 aliphatic carbocycles. The number of benzene rings is 2. The molecule has 164 valence electrons. The third-order valence-corrected chi connectivity index (χ3v) is 4.94. The van der Waals surface area contributed by atoms with Crippen molar-refractivity contribution in [3.05, 3.63) is 110 Å². The van der Waals surface area contributed by atoms with Crippen LogP contribution in [0.15, 0.2) is 77.7 Å². The normalized spacial score (nSPS) is 10.5. The maximum Gasteiger partial charge on any atom is 0.286 e. The van der Waals surface area contributed by atoms with Gasteiger partial charge in [0.1, 0.15) is 12.1 Å². The average molecular weight is 434 g/mol. The van der Waals surface area contributed by atoms with Gasteiger partial charge in [-0.05, 0) is 17.5 Å². The van der Waals surface area contributed by atoms with Crippen LogP contribution < -0.4 is 11.3 Å². The lowest BCUT2D eigenvalue weighted by Gasteiger charge is -2.23. The number of carbonyl (C=O) groups is 2. The van der Waals surface area contributed by atoms with E-state index in [4.69, 9.17) is 5.73 Å². The van der Waals surface area contributed by atoms with Crippen LogP contribution in [0.3, 0.4) is 0 Å². The number of rotatable bonds is 9. The molecule has 3 aromatic rings. The van der Waals surface area contributed by atoms with Gasteiger partial charge in [0.2, 0.25) is 5.91 Å². The first kappa shape index (κ1) is 22.4. The van der Waals surface area contributed by atoms with E-state index in [1.807, 2.05) is 60.7 Å². The van der Waals surface area contributed by atoms with Crippen molar-refractivity contribution in [1.29, 1.82) is 0 Å². The number of nitrogens with two attached hydrogens (primary N) is 1. The minimum Gasteiger partial charge on any atom is -0.365 e. The lowest BCUT2D eigenvalue weighted by molar-refractivity contribution is -0.385. The molecule has 0 aliphatic heterocycles. The lowest BCUT2D eigenvalue weighted by Crippen LogP contribution is -2.38. The van der Waals surface area contributed by atoms with Crippen LogP contribution in [0, 0.1) is 10.1 Å². The molecule has 2 N–H and O–H groups in total. The highest BCUT2D eigenvalue weighted by Gasteiger charge is 2.21. The molecule has 0 saturated heterocycles. The fraction of sp³-hybridized carbons (Fsp3) is 0.174. The van der Waals surface area contributed by atoms with Crippen LogP contribution in [-0.4, -0.2) is 32.7 Å². The predicted molar refractivity (Wildman–Crippen MR) is 118 cm³/mol. The number of hydrogen-bond donors (Lipinski definition) is 1. The molecule has 1 aromatic heterocycles. The van der Waals surface area contributed by atoms with Crippen LogP contribution in [0.4, 0.5) is 5.69 Å². The highest BCUT2D eigenvalue weighted by atomic mass is 16.6. The number of aromatic nitrogens is 1. The molecule has 9 nitrogen and oxygen atoms in total. The molecule has 3 rings (SSSR count). The first-order valence-electron chi connectivity index (χ1n) is 9.89. The molecule has 0 radical (unpaired) electrons. The zero-order valence-electron chi connectivity index (χ0n) is 17.2. The minimum absolute atomic E-state index is 0.304. The van der Waals surface area contributed by atoms with Crippen LogP contribution in [0.5, 0.6) is 0 Å². The molecule has 32 heavy (non-hydrogen) atoms. The fourth-order valence-electron chi connectivity index (χ4n) is 3.26. The van der Waals surface area contributed by atoms with Crippen molar-refractivity contribution in [2.45, 2.75) is 19.5 Å². The third kappa shape index (κ3) is 5.66. The minimum atomic E-state index is -1.09. The second-order valence-corrected chi connectivity index (χ2v) is 7.20. The molecule has 1 heterocycles. The Bertz CT molecular complexity index is 1180. The van der Waals surface area contributed by atoms with Crippen LogP contribution in [0.1, 0.15) is 21.5 Å². The predicted octanol–water partition coefficient (Wildman–Crippen LogP) is 2.13. The van der Waals surface area contributed by atoms with E-state index in [0.29, 0.717) is 19.5 Å². The van der Waals surface area contributed by atoms with Gasteiger partial charge in [-0.1, -0.05) is 60.7 Å². The first-order valence-corrected chi connectivity index (χ1v) is 9.89. The summed E-state index contributed by atoms with van der Waals surface area (Å²) >= 11 is 0. The number of carbonyl (C=O) groups excluding carboxylic acids is 2. The maximum absolute atomic E-state index is 13.1. The summed E-state index contributed by atoms with van der Waals surface area (Å²) in [6, 6.07) is 19.8. The van der Waals surface area contributed by atoms with Gasteiger partial charge in [-0.15, -0.1) is 0 Å². The van der Waals surface area contributed by atoms with E-state index in [0.717, 1.165) is 28.0 Å². The second-order valence-electron chi connectivity index (χ2n) is 7.20. The Kier molecular flexibility index (Phi) is 7.12. The Morgan fingerprint density at radius 3 is 2.16 bits per heavy atom. The summed E-state index contributed by atoms with van der Waals surface area (Å²) in [6.45, 7) is 0.228. The van der Waals surface area contributed by atoms with Crippen LogP contribution in [0.2, 0.25) is 0 Å². The second kappa shape index (κ2) is 10.2. The quantitative estimate of drug-likeness (QED) is 0.407. The van der Waals surface area contributed by atoms with E-state index < -0.39 is 40.1 Å². The summed E-state index contributed by atoms with van der Waals surface area (Å²) < 4.78 is 0.862. The van der Waals surface area contributed by atoms with E-state index in [1.54, 1.807) is 4.90 Å². The van der Waals surface area contributed by atoms with Gasteiger partial charge in [0.15, 0.2) is 0 Å². The third-order valence-electron chi connectivity index (χ3n) is 4.94.